The van der Waals surface area contributed by atoms with Crippen LogP contribution in [0.25, 0.3) is 11.6 Å². The largest absolute Gasteiger partial charge is 0.506 e. The summed E-state index contributed by atoms with van der Waals surface area (Å²) in [7, 11) is 0. The molecule has 0 atom stereocenters. The van der Waals surface area contributed by atoms with Crippen LogP contribution in [0.1, 0.15) is 11.1 Å². The van der Waals surface area contributed by atoms with Gasteiger partial charge in [0, 0.05) is 21.3 Å². The Morgan fingerprint density at radius 1 is 1.05 bits per heavy atom. The molecule has 3 rings (SSSR count). The highest BCUT2D eigenvalue weighted by Gasteiger charge is 2.24. The summed E-state index contributed by atoms with van der Waals surface area (Å²) in [6, 6.07) is 9.17. The maximum atomic E-state index is 12.1. The zero-order valence-electron chi connectivity index (χ0n) is 10.5. The van der Waals surface area contributed by atoms with Crippen molar-refractivity contribution in [1.29, 1.82) is 0 Å². The second-order valence-corrected chi connectivity index (χ2v) is 7.16. The zero-order valence-corrected chi connectivity index (χ0v) is 15.2. The van der Waals surface area contributed by atoms with E-state index in [1.54, 1.807) is 18.2 Å². The van der Waals surface area contributed by atoms with E-state index in [9.17, 15) is 9.90 Å². The number of phenols is 1. The molecular weight excluding hydrogens is 466 g/mol. The average Bonchev–Trinajstić information content (AvgIpc) is 2.72. The Morgan fingerprint density at radius 3 is 2.38 bits per heavy atom. The summed E-state index contributed by atoms with van der Waals surface area (Å²) in [5, 5.41) is 12.6. The molecule has 0 aromatic heterocycles. The van der Waals surface area contributed by atoms with E-state index in [0.717, 1.165) is 21.3 Å². The van der Waals surface area contributed by atoms with Crippen molar-refractivity contribution in [3.63, 3.8) is 0 Å². The maximum Gasteiger partial charge on any atom is 0.256 e. The Bertz CT molecular complexity index is 776. The molecule has 0 saturated carbocycles. The fourth-order valence-corrected chi connectivity index (χ4v) is 3.72. The Hall–Kier alpha value is -1.11. The summed E-state index contributed by atoms with van der Waals surface area (Å²) < 4.78 is 2.05. The molecule has 2 aromatic carbocycles. The van der Waals surface area contributed by atoms with Crippen LogP contribution >= 0.6 is 47.8 Å². The molecule has 3 nitrogen and oxygen atoms in total. The van der Waals surface area contributed by atoms with Crippen molar-refractivity contribution in [3.8, 4) is 5.75 Å². The van der Waals surface area contributed by atoms with Gasteiger partial charge >= 0.3 is 0 Å². The number of fused-ring (bicyclic) bond motifs is 1. The molecule has 21 heavy (non-hydrogen) atoms. The number of anilines is 1. The fraction of sp³-hybridized carbons (Fsp3) is 0. The average molecular weight is 474 g/mol. The van der Waals surface area contributed by atoms with Gasteiger partial charge in [0.2, 0.25) is 0 Å². The third-order valence-electron chi connectivity index (χ3n) is 3.11. The van der Waals surface area contributed by atoms with Crippen LogP contribution in [-0.4, -0.2) is 11.0 Å². The van der Waals surface area contributed by atoms with E-state index in [2.05, 4.69) is 53.1 Å². The van der Waals surface area contributed by atoms with Crippen molar-refractivity contribution in [2.45, 2.75) is 0 Å². The van der Waals surface area contributed by atoms with E-state index in [1.807, 2.05) is 18.2 Å². The number of carbonyl (C=O) groups excluding carboxylic acids is 1. The molecule has 0 spiro atoms. The molecule has 0 radical (unpaired) electrons. The van der Waals surface area contributed by atoms with Crippen LogP contribution in [0, 0.1) is 0 Å². The molecule has 0 unspecified atom stereocenters. The van der Waals surface area contributed by atoms with E-state index in [0.29, 0.717) is 14.5 Å². The van der Waals surface area contributed by atoms with E-state index in [-0.39, 0.29) is 11.7 Å². The summed E-state index contributed by atoms with van der Waals surface area (Å²) in [6.45, 7) is 0. The van der Waals surface area contributed by atoms with Gasteiger partial charge in [-0.05, 0) is 73.8 Å². The first-order chi connectivity index (χ1) is 9.95. The first kappa shape index (κ1) is 14.8. The minimum atomic E-state index is -0.136. The van der Waals surface area contributed by atoms with Crippen LogP contribution in [0.4, 0.5) is 5.69 Å². The number of hydrogen-bond donors (Lipinski definition) is 2. The zero-order chi connectivity index (χ0) is 15.1. The van der Waals surface area contributed by atoms with E-state index in [1.165, 1.54) is 0 Å². The molecule has 1 amide bonds. The van der Waals surface area contributed by atoms with Gasteiger partial charge < -0.3 is 10.4 Å². The predicted octanol–water partition coefficient (Wildman–Crippen LogP) is 5.17. The number of rotatable bonds is 1. The SMILES string of the molecule is O=C1Nc2ccc(Br)cc2C1=Cc1cc(Br)c(O)c(Br)c1. The lowest BCUT2D eigenvalue weighted by molar-refractivity contribution is -0.110. The van der Waals surface area contributed by atoms with Crippen molar-refractivity contribution >= 4 is 71.0 Å². The van der Waals surface area contributed by atoms with E-state index in [4.69, 9.17) is 0 Å². The molecule has 2 N–H and O–H groups in total. The van der Waals surface area contributed by atoms with Crippen LogP contribution < -0.4 is 5.32 Å². The fourth-order valence-electron chi connectivity index (χ4n) is 2.14. The smallest absolute Gasteiger partial charge is 0.256 e. The Labute approximate surface area is 146 Å². The summed E-state index contributed by atoms with van der Waals surface area (Å²) >= 11 is 9.99. The third-order valence-corrected chi connectivity index (χ3v) is 4.82. The van der Waals surface area contributed by atoms with Crippen LogP contribution in [-0.2, 0) is 4.79 Å². The standard InChI is InChI=1S/C15H8Br3NO2/c16-8-1-2-13-9(6-8)10(15(21)19-13)3-7-4-11(17)14(20)12(18)5-7/h1-6,20H,(H,19,21). The predicted molar refractivity (Wildman–Crippen MR) is 94.1 cm³/mol. The van der Waals surface area contributed by atoms with Crippen LogP contribution in [0.15, 0.2) is 43.7 Å². The highest BCUT2D eigenvalue weighted by atomic mass is 79.9. The number of phenolic OH excluding ortho intramolecular Hbond substituents is 1. The molecule has 0 aliphatic carbocycles. The second kappa shape index (κ2) is 5.59. The molecule has 0 bridgehead atoms. The van der Waals surface area contributed by atoms with Crippen LogP contribution in [0.5, 0.6) is 5.75 Å². The summed E-state index contributed by atoms with van der Waals surface area (Å²) in [6.07, 6.45) is 1.79. The van der Waals surface area contributed by atoms with Gasteiger partial charge in [0.15, 0.2) is 0 Å². The van der Waals surface area contributed by atoms with Crippen molar-refractivity contribution in [2.24, 2.45) is 0 Å². The second-order valence-electron chi connectivity index (χ2n) is 4.54. The molecule has 6 heteroatoms. The summed E-state index contributed by atoms with van der Waals surface area (Å²) in [5.74, 6) is -0.000382. The van der Waals surface area contributed by atoms with Gasteiger partial charge in [-0.3, -0.25) is 4.79 Å². The molecule has 0 fully saturated rings. The maximum absolute atomic E-state index is 12.1. The van der Waals surface area contributed by atoms with Crippen molar-refractivity contribution in [2.75, 3.05) is 5.32 Å². The number of nitrogens with one attached hydrogen (secondary N) is 1. The minimum Gasteiger partial charge on any atom is -0.506 e. The molecule has 2 aromatic rings. The topological polar surface area (TPSA) is 49.3 Å². The highest BCUT2D eigenvalue weighted by molar-refractivity contribution is 9.11. The molecule has 1 aliphatic rings. The van der Waals surface area contributed by atoms with Gasteiger partial charge in [0.05, 0.1) is 8.95 Å². The third kappa shape index (κ3) is 2.80. The van der Waals surface area contributed by atoms with Gasteiger partial charge in [-0.2, -0.15) is 0 Å². The Balaban J connectivity index is 2.13. The van der Waals surface area contributed by atoms with Gasteiger partial charge in [-0.25, -0.2) is 0 Å². The summed E-state index contributed by atoms with van der Waals surface area (Å²) in [5.41, 5.74) is 3.06. The quantitative estimate of drug-likeness (QED) is 0.561. The normalized spacial score (nSPS) is 15.2. The molecular formula is C15H8Br3NO2. The number of aromatic hydroxyl groups is 1. The molecule has 106 valence electrons. The molecule has 1 aliphatic heterocycles. The lowest BCUT2D eigenvalue weighted by atomic mass is 10.0. The van der Waals surface area contributed by atoms with E-state index >= 15 is 0 Å². The Kier molecular flexibility index (Phi) is 3.94. The lowest BCUT2D eigenvalue weighted by Crippen LogP contribution is -2.03. The Morgan fingerprint density at radius 2 is 1.71 bits per heavy atom. The molecule has 0 saturated heterocycles. The van der Waals surface area contributed by atoms with Gasteiger partial charge in [-0.1, -0.05) is 15.9 Å². The monoisotopic (exact) mass is 471 g/mol. The van der Waals surface area contributed by atoms with Crippen molar-refractivity contribution < 1.29 is 9.90 Å². The van der Waals surface area contributed by atoms with Crippen molar-refractivity contribution in [1.82, 2.24) is 0 Å². The van der Waals surface area contributed by atoms with Gasteiger partial charge in [0.25, 0.3) is 5.91 Å². The van der Waals surface area contributed by atoms with Gasteiger partial charge in [-0.15, -0.1) is 0 Å². The first-order valence-electron chi connectivity index (χ1n) is 5.96. The number of halogens is 3. The van der Waals surface area contributed by atoms with Crippen LogP contribution in [0.3, 0.4) is 0 Å². The lowest BCUT2D eigenvalue weighted by Gasteiger charge is -2.04. The molecule has 1 heterocycles. The minimum absolute atomic E-state index is 0.135. The number of benzene rings is 2. The number of carbonyl (C=O) groups is 1. The van der Waals surface area contributed by atoms with E-state index < -0.39 is 0 Å². The first-order valence-corrected chi connectivity index (χ1v) is 8.34. The highest BCUT2D eigenvalue weighted by Crippen LogP contribution is 2.37. The van der Waals surface area contributed by atoms with Crippen LogP contribution in [0.2, 0.25) is 0 Å². The van der Waals surface area contributed by atoms with Crippen molar-refractivity contribution in [3.05, 3.63) is 54.9 Å². The summed E-state index contributed by atoms with van der Waals surface area (Å²) in [4.78, 5) is 12.1. The van der Waals surface area contributed by atoms with Gasteiger partial charge in [0.1, 0.15) is 5.75 Å². The number of hydrogen-bond acceptors (Lipinski definition) is 2. The number of amides is 1.